The van der Waals surface area contributed by atoms with Crippen molar-refractivity contribution >= 4 is 0 Å². The molecule has 3 aliphatic rings. The summed E-state index contributed by atoms with van der Waals surface area (Å²) in [4.78, 5) is 2.81. The van der Waals surface area contributed by atoms with Crippen LogP contribution in [0.25, 0.3) is 0 Å². The number of hydrogen-bond acceptors (Lipinski definition) is 2. The van der Waals surface area contributed by atoms with Gasteiger partial charge in [-0.2, -0.15) is 0 Å². The van der Waals surface area contributed by atoms with Crippen molar-refractivity contribution in [3.63, 3.8) is 0 Å². The smallest absolute Gasteiger partial charge is 0.00982 e. The maximum absolute atomic E-state index is 3.53. The topological polar surface area (TPSA) is 15.3 Å². The lowest BCUT2D eigenvalue weighted by atomic mass is 10.0. The zero-order valence-electron chi connectivity index (χ0n) is 9.91. The van der Waals surface area contributed by atoms with E-state index in [4.69, 9.17) is 0 Å². The van der Waals surface area contributed by atoms with E-state index in [-0.39, 0.29) is 0 Å². The highest BCUT2D eigenvalue weighted by molar-refractivity contribution is 4.95. The molecule has 2 heteroatoms. The van der Waals surface area contributed by atoms with Gasteiger partial charge in [0.25, 0.3) is 0 Å². The average Bonchev–Trinajstić information content (AvgIpc) is 2.91. The van der Waals surface area contributed by atoms with Crippen LogP contribution in [0.3, 0.4) is 0 Å². The van der Waals surface area contributed by atoms with Crippen LogP contribution in [0, 0.1) is 17.8 Å². The van der Waals surface area contributed by atoms with E-state index in [1.165, 1.54) is 51.9 Å². The van der Waals surface area contributed by atoms with Gasteiger partial charge in [0.1, 0.15) is 0 Å². The van der Waals surface area contributed by atoms with Gasteiger partial charge in [-0.1, -0.05) is 13.3 Å². The van der Waals surface area contributed by atoms with E-state index >= 15 is 0 Å². The molecule has 0 aromatic carbocycles. The SMILES string of the molecule is CCC1CCC(N2CC3CNCC3C2)C1. The Labute approximate surface area is 93.4 Å². The molecule has 2 saturated heterocycles. The minimum atomic E-state index is 0.945. The van der Waals surface area contributed by atoms with Crippen molar-refractivity contribution in [2.75, 3.05) is 26.2 Å². The second-order valence-corrected chi connectivity index (χ2v) is 5.87. The standard InChI is InChI=1S/C13H24N2/c1-2-10-3-4-13(5-10)15-8-11-6-14-7-12(11)9-15/h10-14H,2-9H2,1H3. The van der Waals surface area contributed by atoms with Gasteiger partial charge in [0.05, 0.1) is 0 Å². The quantitative estimate of drug-likeness (QED) is 0.743. The van der Waals surface area contributed by atoms with E-state index in [9.17, 15) is 0 Å². The molecule has 1 saturated carbocycles. The molecule has 4 atom stereocenters. The highest BCUT2D eigenvalue weighted by atomic mass is 15.2. The van der Waals surface area contributed by atoms with Crippen molar-refractivity contribution < 1.29 is 0 Å². The first-order valence-electron chi connectivity index (χ1n) is 6.81. The molecule has 2 aliphatic heterocycles. The van der Waals surface area contributed by atoms with Crippen LogP contribution >= 0.6 is 0 Å². The van der Waals surface area contributed by atoms with E-state index in [0.717, 1.165) is 23.8 Å². The number of rotatable bonds is 2. The summed E-state index contributed by atoms with van der Waals surface area (Å²) in [7, 11) is 0. The van der Waals surface area contributed by atoms with E-state index in [2.05, 4.69) is 17.1 Å². The first kappa shape index (κ1) is 10.1. The predicted molar refractivity (Wildman–Crippen MR) is 62.8 cm³/mol. The molecule has 0 bridgehead atoms. The molecule has 2 nitrogen and oxygen atoms in total. The Morgan fingerprint density at radius 1 is 1.13 bits per heavy atom. The number of nitrogens with one attached hydrogen (secondary N) is 1. The molecule has 0 spiro atoms. The first-order chi connectivity index (χ1) is 7.36. The zero-order valence-corrected chi connectivity index (χ0v) is 9.91. The Morgan fingerprint density at radius 2 is 1.87 bits per heavy atom. The highest BCUT2D eigenvalue weighted by Gasteiger charge is 2.40. The van der Waals surface area contributed by atoms with Crippen LogP contribution in [-0.2, 0) is 0 Å². The van der Waals surface area contributed by atoms with Gasteiger partial charge in [-0.15, -0.1) is 0 Å². The Balaban J connectivity index is 1.56. The van der Waals surface area contributed by atoms with Gasteiger partial charge in [-0.25, -0.2) is 0 Å². The van der Waals surface area contributed by atoms with Crippen LogP contribution in [0.2, 0.25) is 0 Å². The maximum atomic E-state index is 3.53. The zero-order chi connectivity index (χ0) is 10.3. The minimum absolute atomic E-state index is 0.945. The van der Waals surface area contributed by atoms with Gasteiger partial charge in [0, 0.05) is 19.1 Å². The van der Waals surface area contributed by atoms with Crippen molar-refractivity contribution in [3.8, 4) is 0 Å². The van der Waals surface area contributed by atoms with E-state index in [1.54, 1.807) is 0 Å². The van der Waals surface area contributed by atoms with Crippen LogP contribution in [0.4, 0.5) is 0 Å². The third-order valence-electron chi connectivity index (χ3n) is 5.03. The average molecular weight is 208 g/mol. The lowest BCUT2D eigenvalue weighted by molar-refractivity contribution is 0.224. The molecule has 86 valence electrons. The lowest BCUT2D eigenvalue weighted by Crippen LogP contribution is -2.34. The van der Waals surface area contributed by atoms with Gasteiger partial charge in [0.15, 0.2) is 0 Å². The molecule has 1 N–H and O–H groups in total. The molecule has 0 aromatic heterocycles. The summed E-state index contributed by atoms with van der Waals surface area (Å²) in [5.41, 5.74) is 0. The fraction of sp³-hybridized carbons (Fsp3) is 1.00. The summed E-state index contributed by atoms with van der Waals surface area (Å²) in [5.74, 6) is 2.99. The maximum Gasteiger partial charge on any atom is 0.00982 e. The molecule has 2 heterocycles. The summed E-state index contributed by atoms with van der Waals surface area (Å²) in [6.07, 6.45) is 5.86. The molecule has 0 radical (unpaired) electrons. The summed E-state index contributed by atoms with van der Waals surface area (Å²) >= 11 is 0. The summed E-state index contributed by atoms with van der Waals surface area (Å²) < 4.78 is 0. The van der Waals surface area contributed by atoms with Crippen LogP contribution in [0.5, 0.6) is 0 Å². The van der Waals surface area contributed by atoms with Crippen LogP contribution < -0.4 is 5.32 Å². The largest absolute Gasteiger partial charge is 0.316 e. The van der Waals surface area contributed by atoms with Gasteiger partial charge in [-0.3, -0.25) is 4.90 Å². The van der Waals surface area contributed by atoms with E-state index in [0.29, 0.717) is 0 Å². The molecule has 3 fully saturated rings. The monoisotopic (exact) mass is 208 g/mol. The Hall–Kier alpha value is -0.0800. The van der Waals surface area contributed by atoms with Crippen LogP contribution in [-0.4, -0.2) is 37.1 Å². The summed E-state index contributed by atoms with van der Waals surface area (Å²) in [5, 5.41) is 3.53. The van der Waals surface area contributed by atoms with Crippen molar-refractivity contribution in [2.24, 2.45) is 17.8 Å². The molecule has 4 unspecified atom stereocenters. The lowest BCUT2D eigenvalue weighted by Gasteiger charge is -2.24. The summed E-state index contributed by atoms with van der Waals surface area (Å²) in [6, 6.07) is 0.945. The number of nitrogens with zero attached hydrogens (tertiary/aromatic N) is 1. The second kappa shape index (κ2) is 4.06. The molecule has 1 aliphatic carbocycles. The minimum Gasteiger partial charge on any atom is -0.316 e. The van der Waals surface area contributed by atoms with E-state index < -0.39 is 0 Å². The molecule has 15 heavy (non-hydrogen) atoms. The van der Waals surface area contributed by atoms with Gasteiger partial charge in [-0.05, 0) is 50.1 Å². The van der Waals surface area contributed by atoms with Crippen molar-refractivity contribution in [2.45, 2.75) is 38.6 Å². The Kier molecular flexibility index (Phi) is 2.73. The predicted octanol–water partition coefficient (Wildman–Crippen LogP) is 1.72. The third-order valence-corrected chi connectivity index (χ3v) is 5.03. The fourth-order valence-corrected chi connectivity index (χ4v) is 3.94. The Morgan fingerprint density at radius 3 is 2.47 bits per heavy atom. The van der Waals surface area contributed by atoms with Crippen LogP contribution in [0.1, 0.15) is 32.6 Å². The van der Waals surface area contributed by atoms with Gasteiger partial charge >= 0.3 is 0 Å². The Bertz CT molecular complexity index is 217. The normalized spacial score (nSPS) is 46.2. The number of hydrogen-bond donors (Lipinski definition) is 1. The third kappa shape index (κ3) is 1.83. The van der Waals surface area contributed by atoms with Crippen LogP contribution in [0.15, 0.2) is 0 Å². The summed E-state index contributed by atoms with van der Waals surface area (Å²) in [6.45, 7) is 7.70. The fourth-order valence-electron chi connectivity index (χ4n) is 3.94. The van der Waals surface area contributed by atoms with Crippen molar-refractivity contribution in [3.05, 3.63) is 0 Å². The number of fused-ring (bicyclic) bond motifs is 1. The molecule has 3 rings (SSSR count). The first-order valence-corrected chi connectivity index (χ1v) is 6.81. The van der Waals surface area contributed by atoms with Gasteiger partial charge in [0.2, 0.25) is 0 Å². The van der Waals surface area contributed by atoms with Crippen molar-refractivity contribution in [1.29, 1.82) is 0 Å². The molecular weight excluding hydrogens is 184 g/mol. The second-order valence-electron chi connectivity index (χ2n) is 5.87. The molecule has 0 amide bonds. The highest BCUT2D eigenvalue weighted by Crippen LogP contribution is 2.36. The van der Waals surface area contributed by atoms with Crippen molar-refractivity contribution in [1.82, 2.24) is 10.2 Å². The molecule has 0 aromatic rings. The molecular formula is C13H24N2. The van der Waals surface area contributed by atoms with Gasteiger partial charge < -0.3 is 5.32 Å². The number of likely N-dealkylation sites (tertiary alicyclic amines) is 1. The van der Waals surface area contributed by atoms with E-state index in [1.807, 2.05) is 0 Å².